The number of hydrogen-bond donors (Lipinski definition) is 0. The van der Waals surface area contributed by atoms with E-state index in [2.05, 4.69) is 4.98 Å². The van der Waals surface area contributed by atoms with Gasteiger partial charge in [-0.25, -0.2) is 0 Å². The third kappa shape index (κ3) is 2.72. The Morgan fingerprint density at radius 3 is 3.00 bits per heavy atom. The number of pyridine rings is 1. The van der Waals surface area contributed by atoms with Crippen LogP contribution in [0.25, 0.3) is 0 Å². The summed E-state index contributed by atoms with van der Waals surface area (Å²) in [7, 11) is 0. The van der Waals surface area contributed by atoms with Crippen LogP contribution in [-0.4, -0.2) is 40.8 Å². The minimum atomic E-state index is -0.285. The van der Waals surface area contributed by atoms with Crippen molar-refractivity contribution in [3.05, 3.63) is 24.0 Å². The molecule has 2 aliphatic rings. The third-order valence-electron chi connectivity index (χ3n) is 4.61. The van der Waals surface area contributed by atoms with Gasteiger partial charge in [-0.15, -0.1) is 0 Å². The first kappa shape index (κ1) is 15.0. The summed E-state index contributed by atoms with van der Waals surface area (Å²) >= 11 is 0. The molecule has 118 valence electrons. The molecular formula is C17H23N3O2. The second kappa shape index (κ2) is 6.46. The molecule has 0 N–H and O–H groups in total. The summed E-state index contributed by atoms with van der Waals surface area (Å²) in [5, 5.41) is 0. The van der Waals surface area contributed by atoms with Crippen molar-refractivity contribution in [2.45, 2.75) is 51.5 Å². The van der Waals surface area contributed by atoms with Crippen LogP contribution < -0.4 is 4.90 Å². The highest BCUT2D eigenvalue weighted by molar-refractivity contribution is 6.00. The highest BCUT2D eigenvalue weighted by Crippen LogP contribution is 2.29. The number of carbonyl (C=O) groups excluding carboxylic acids is 2. The van der Waals surface area contributed by atoms with E-state index >= 15 is 0 Å². The summed E-state index contributed by atoms with van der Waals surface area (Å²) in [6.07, 6.45) is 8.58. The van der Waals surface area contributed by atoms with Crippen LogP contribution in [0.1, 0.15) is 44.6 Å². The largest absolute Gasteiger partial charge is 0.331 e. The average molecular weight is 301 g/mol. The summed E-state index contributed by atoms with van der Waals surface area (Å²) < 4.78 is 0. The molecule has 1 saturated heterocycles. The maximum Gasteiger partial charge on any atom is 0.249 e. The molecule has 0 radical (unpaired) electrons. The second-order valence-electron chi connectivity index (χ2n) is 6.09. The van der Waals surface area contributed by atoms with Gasteiger partial charge in [0.15, 0.2) is 0 Å². The van der Waals surface area contributed by atoms with Gasteiger partial charge in [-0.05, 0) is 43.7 Å². The first-order chi connectivity index (χ1) is 10.7. The minimum absolute atomic E-state index is 0.0779. The van der Waals surface area contributed by atoms with Crippen molar-refractivity contribution in [1.29, 1.82) is 0 Å². The zero-order valence-electron chi connectivity index (χ0n) is 13.1. The standard InChI is InChI=1S/C17H23N3O2/c1-2-5-16(21)19-10-4-3-6-15(19)17(22)20-11-8-13-12-18-9-7-14(13)20/h7,9,12,15H,2-6,8,10-11H2,1H3/t15-/m0/s1. The Morgan fingerprint density at radius 1 is 1.32 bits per heavy atom. The molecule has 5 heteroatoms. The van der Waals surface area contributed by atoms with Crippen molar-refractivity contribution in [3.8, 4) is 0 Å². The van der Waals surface area contributed by atoms with E-state index in [1.165, 1.54) is 0 Å². The van der Waals surface area contributed by atoms with Gasteiger partial charge in [0, 0.05) is 31.9 Å². The normalized spacial score (nSPS) is 20.9. The molecule has 1 fully saturated rings. The van der Waals surface area contributed by atoms with Gasteiger partial charge >= 0.3 is 0 Å². The first-order valence-corrected chi connectivity index (χ1v) is 8.26. The topological polar surface area (TPSA) is 53.5 Å². The molecule has 3 rings (SSSR count). The van der Waals surface area contributed by atoms with Crippen molar-refractivity contribution >= 4 is 17.5 Å². The van der Waals surface area contributed by atoms with E-state index in [0.29, 0.717) is 19.5 Å². The summed E-state index contributed by atoms with van der Waals surface area (Å²) in [4.78, 5) is 33.1. The third-order valence-corrected chi connectivity index (χ3v) is 4.61. The highest BCUT2D eigenvalue weighted by atomic mass is 16.2. The number of nitrogens with zero attached hydrogens (tertiary/aromatic N) is 3. The number of fused-ring (bicyclic) bond motifs is 1. The van der Waals surface area contributed by atoms with Crippen molar-refractivity contribution in [2.24, 2.45) is 0 Å². The number of anilines is 1. The summed E-state index contributed by atoms with van der Waals surface area (Å²) in [5.74, 6) is 0.198. The summed E-state index contributed by atoms with van der Waals surface area (Å²) in [6, 6.07) is 1.62. The van der Waals surface area contributed by atoms with Crippen molar-refractivity contribution in [2.75, 3.05) is 18.0 Å². The quantitative estimate of drug-likeness (QED) is 0.859. The van der Waals surface area contributed by atoms with E-state index < -0.39 is 0 Å². The summed E-state index contributed by atoms with van der Waals surface area (Å²) in [5.41, 5.74) is 2.09. The SMILES string of the molecule is CCCC(=O)N1CCCC[C@H]1C(=O)N1CCc2cnccc21. The van der Waals surface area contributed by atoms with E-state index in [1.807, 2.05) is 29.0 Å². The maximum absolute atomic E-state index is 13.0. The van der Waals surface area contributed by atoms with Gasteiger partial charge in [0.05, 0.1) is 5.69 Å². The van der Waals surface area contributed by atoms with E-state index in [9.17, 15) is 9.59 Å². The Hall–Kier alpha value is -1.91. The van der Waals surface area contributed by atoms with Gasteiger partial charge in [0.25, 0.3) is 0 Å². The van der Waals surface area contributed by atoms with Crippen LogP contribution in [0.3, 0.4) is 0 Å². The number of carbonyl (C=O) groups is 2. The van der Waals surface area contributed by atoms with Crippen LogP contribution in [0.2, 0.25) is 0 Å². The minimum Gasteiger partial charge on any atom is -0.331 e. The van der Waals surface area contributed by atoms with Gasteiger partial charge in [-0.1, -0.05) is 6.92 Å². The second-order valence-corrected chi connectivity index (χ2v) is 6.09. The average Bonchev–Trinajstić information content (AvgIpc) is 2.98. The number of amides is 2. The van der Waals surface area contributed by atoms with Gasteiger partial charge in [-0.3, -0.25) is 14.6 Å². The zero-order valence-corrected chi connectivity index (χ0v) is 13.1. The first-order valence-electron chi connectivity index (χ1n) is 8.26. The fourth-order valence-corrected chi connectivity index (χ4v) is 3.48. The lowest BCUT2D eigenvalue weighted by atomic mass is 10.00. The van der Waals surface area contributed by atoms with Gasteiger partial charge < -0.3 is 9.80 Å². The zero-order chi connectivity index (χ0) is 15.5. The Morgan fingerprint density at radius 2 is 2.18 bits per heavy atom. The fraction of sp³-hybridized carbons (Fsp3) is 0.588. The molecule has 0 bridgehead atoms. The van der Waals surface area contributed by atoms with E-state index in [0.717, 1.165) is 43.4 Å². The molecule has 0 spiro atoms. The molecule has 1 aromatic rings. The molecular weight excluding hydrogens is 278 g/mol. The molecule has 0 aliphatic carbocycles. The Kier molecular flexibility index (Phi) is 4.41. The van der Waals surface area contributed by atoms with Gasteiger partial charge in [0.2, 0.25) is 11.8 Å². The summed E-state index contributed by atoms with van der Waals surface area (Å²) in [6.45, 7) is 3.42. The van der Waals surface area contributed by atoms with Crippen LogP contribution in [0, 0.1) is 0 Å². The van der Waals surface area contributed by atoms with Gasteiger partial charge in [0.1, 0.15) is 6.04 Å². The van der Waals surface area contributed by atoms with Gasteiger partial charge in [-0.2, -0.15) is 0 Å². The van der Waals surface area contributed by atoms with E-state index in [1.54, 1.807) is 6.20 Å². The number of piperidine rings is 1. The smallest absolute Gasteiger partial charge is 0.249 e. The lowest BCUT2D eigenvalue weighted by Crippen LogP contribution is -2.52. The lowest BCUT2D eigenvalue weighted by Gasteiger charge is -2.37. The Labute approximate surface area is 131 Å². The highest BCUT2D eigenvalue weighted by Gasteiger charge is 2.36. The monoisotopic (exact) mass is 301 g/mol. The number of aromatic nitrogens is 1. The van der Waals surface area contributed by atoms with Crippen LogP contribution in [-0.2, 0) is 16.0 Å². The predicted octanol–water partition coefficient (Wildman–Crippen LogP) is 2.15. The van der Waals surface area contributed by atoms with Crippen molar-refractivity contribution in [3.63, 3.8) is 0 Å². The Bertz CT molecular complexity index is 573. The molecule has 1 atom stereocenters. The predicted molar refractivity (Wildman–Crippen MR) is 84.6 cm³/mol. The van der Waals surface area contributed by atoms with Crippen molar-refractivity contribution < 1.29 is 9.59 Å². The molecule has 2 aliphatic heterocycles. The molecule has 0 unspecified atom stereocenters. The molecule has 22 heavy (non-hydrogen) atoms. The van der Waals surface area contributed by atoms with E-state index in [4.69, 9.17) is 0 Å². The molecule has 0 saturated carbocycles. The molecule has 5 nitrogen and oxygen atoms in total. The number of rotatable bonds is 3. The van der Waals surface area contributed by atoms with Crippen LogP contribution in [0.4, 0.5) is 5.69 Å². The fourth-order valence-electron chi connectivity index (χ4n) is 3.48. The van der Waals surface area contributed by atoms with Crippen molar-refractivity contribution in [1.82, 2.24) is 9.88 Å². The molecule has 2 amide bonds. The molecule has 1 aromatic heterocycles. The maximum atomic E-state index is 13.0. The van der Waals surface area contributed by atoms with Crippen LogP contribution >= 0.6 is 0 Å². The number of hydrogen-bond acceptors (Lipinski definition) is 3. The lowest BCUT2D eigenvalue weighted by molar-refractivity contribution is -0.141. The van der Waals surface area contributed by atoms with E-state index in [-0.39, 0.29) is 17.9 Å². The Balaban J connectivity index is 1.80. The van der Waals surface area contributed by atoms with Crippen LogP contribution in [0.15, 0.2) is 18.5 Å². The van der Waals surface area contributed by atoms with Crippen LogP contribution in [0.5, 0.6) is 0 Å². The number of likely N-dealkylation sites (tertiary alicyclic amines) is 1. The molecule has 3 heterocycles. The molecule has 0 aromatic carbocycles.